The number of ether oxygens (including phenoxy) is 1. The van der Waals surface area contributed by atoms with E-state index in [4.69, 9.17) is 4.74 Å². The Balaban J connectivity index is 1.54. The van der Waals surface area contributed by atoms with Crippen LogP contribution in [0.2, 0.25) is 0 Å². The Morgan fingerprint density at radius 2 is 2.12 bits per heavy atom. The van der Waals surface area contributed by atoms with Gasteiger partial charge in [-0.15, -0.1) is 0 Å². The largest absolute Gasteiger partial charge is 0.442 e. The molecular formula is C18H20FN3O4. The average molecular weight is 361 g/mol. The summed E-state index contributed by atoms with van der Waals surface area (Å²) < 4.78 is 20.0. The highest BCUT2D eigenvalue weighted by Crippen LogP contribution is 2.39. The van der Waals surface area contributed by atoms with Crippen LogP contribution in [0.4, 0.5) is 20.6 Å². The molecule has 3 aliphatic rings. The van der Waals surface area contributed by atoms with Gasteiger partial charge in [0, 0.05) is 13.5 Å². The van der Waals surface area contributed by atoms with Crippen LogP contribution in [0.1, 0.15) is 25.3 Å². The number of nitrogens with one attached hydrogen (secondary N) is 1. The van der Waals surface area contributed by atoms with Gasteiger partial charge in [-0.25, -0.2) is 9.18 Å². The lowest BCUT2D eigenvalue weighted by molar-refractivity contribution is -0.119. The maximum absolute atomic E-state index is 14.7. The van der Waals surface area contributed by atoms with Gasteiger partial charge in [0.25, 0.3) is 0 Å². The maximum Gasteiger partial charge on any atom is 0.414 e. The quantitative estimate of drug-likeness (QED) is 0.864. The number of hydrogen-bond donors (Lipinski definition) is 1. The number of cyclic esters (lactones) is 1. The van der Waals surface area contributed by atoms with Crippen molar-refractivity contribution in [1.82, 2.24) is 5.32 Å². The zero-order valence-electron chi connectivity index (χ0n) is 14.5. The highest BCUT2D eigenvalue weighted by Gasteiger charge is 2.37. The van der Waals surface area contributed by atoms with Crippen molar-refractivity contribution in [2.75, 3.05) is 29.4 Å². The molecule has 138 valence electrons. The number of fused-ring (bicyclic) bond motifs is 1. The summed E-state index contributed by atoms with van der Waals surface area (Å²) in [5.74, 6) is -0.345. The van der Waals surface area contributed by atoms with Crippen LogP contribution in [0.5, 0.6) is 0 Å². The van der Waals surface area contributed by atoms with Crippen LogP contribution in [0.15, 0.2) is 12.1 Å². The summed E-state index contributed by atoms with van der Waals surface area (Å²) in [7, 11) is 0. The second-order valence-corrected chi connectivity index (χ2v) is 7.11. The topological polar surface area (TPSA) is 79.0 Å². The van der Waals surface area contributed by atoms with E-state index in [2.05, 4.69) is 5.32 Å². The fourth-order valence-electron chi connectivity index (χ4n) is 3.46. The zero-order valence-corrected chi connectivity index (χ0v) is 14.5. The molecule has 1 saturated heterocycles. The van der Waals surface area contributed by atoms with Crippen molar-refractivity contribution in [3.63, 3.8) is 0 Å². The maximum atomic E-state index is 14.7. The molecule has 0 radical (unpaired) electrons. The second-order valence-electron chi connectivity index (χ2n) is 7.11. The van der Waals surface area contributed by atoms with Crippen molar-refractivity contribution in [2.45, 2.75) is 32.3 Å². The van der Waals surface area contributed by atoms with E-state index in [-0.39, 0.29) is 31.3 Å². The normalized spacial score (nSPS) is 21.8. The Hall–Kier alpha value is -2.64. The number of nitrogens with zero attached hydrogens (tertiary/aromatic N) is 2. The predicted octanol–water partition coefficient (Wildman–Crippen LogP) is 1.59. The Morgan fingerprint density at radius 1 is 1.35 bits per heavy atom. The van der Waals surface area contributed by atoms with E-state index in [1.54, 1.807) is 6.07 Å². The summed E-state index contributed by atoms with van der Waals surface area (Å²) in [6, 6.07) is 2.96. The van der Waals surface area contributed by atoms with Crippen LogP contribution >= 0.6 is 0 Å². The van der Waals surface area contributed by atoms with E-state index in [1.165, 1.54) is 22.8 Å². The molecule has 2 heterocycles. The van der Waals surface area contributed by atoms with Crippen LogP contribution < -0.4 is 15.1 Å². The molecule has 1 aliphatic carbocycles. The molecule has 1 saturated carbocycles. The molecule has 4 rings (SSSR count). The molecule has 2 fully saturated rings. The Bertz CT molecular complexity index is 793. The van der Waals surface area contributed by atoms with Gasteiger partial charge in [0.15, 0.2) is 0 Å². The van der Waals surface area contributed by atoms with Crippen LogP contribution in [0.25, 0.3) is 0 Å². The first-order valence-corrected chi connectivity index (χ1v) is 8.77. The van der Waals surface area contributed by atoms with E-state index < -0.39 is 18.0 Å². The summed E-state index contributed by atoms with van der Waals surface area (Å²) in [5, 5.41) is 2.60. The van der Waals surface area contributed by atoms with Gasteiger partial charge in [-0.2, -0.15) is 0 Å². The van der Waals surface area contributed by atoms with Crippen molar-refractivity contribution in [3.05, 3.63) is 23.5 Å². The van der Waals surface area contributed by atoms with Crippen molar-refractivity contribution in [2.24, 2.45) is 5.92 Å². The van der Waals surface area contributed by atoms with Gasteiger partial charge in [0.05, 0.1) is 30.9 Å². The smallest absolute Gasteiger partial charge is 0.414 e. The predicted molar refractivity (Wildman–Crippen MR) is 91.5 cm³/mol. The van der Waals surface area contributed by atoms with E-state index >= 15 is 0 Å². The van der Waals surface area contributed by atoms with E-state index in [0.29, 0.717) is 29.4 Å². The first-order valence-electron chi connectivity index (χ1n) is 8.77. The number of benzene rings is 1. The number of anilines is 2. The first kappa shape index (κ1) is 16.8. The molecule has 8 heteroatoms. The Labute approximate surface area is 150 Å². The van der Waals surface area contributed by atoms with Crippen LogP contribution in [-0.2, 0) is 20.7 Å². The molecule has 0 spiro atoms. The van der Waals surface area contributed by atoms with Crippen LogP contribution in [0.3, 0.4) is 0 Å². The van der Waals surface area contributed by atoms with Gasteiger partial charge in [-0.1, -0.05) is 0 Å². The first-order chi connectivity index (χ1) is 12.4. The highest BCUT2D eigenvalue weighted by atomic mass is 19.1. The lowest BCUT2D eigenvalue weighted by atomic mass is 10.1. The second kappa shape index (κ2) is 6.26. The summed E-state index contributed by atoms with van der Waals surface area (Å²) in [6.45, 7) is 2.37. The van der Waals surface area contributed by atoms with Crippen molar-refractivity contribution >= 4 is 29.3 Å². The molecule has 1 aromatic carbocycles. The molecule has 7 nitrogen and oxygen atoms in total. The van der Waals surface area contributed by atoms with Crippen molar-refractivity contribution in [1.29, 1.82) is 0 Å². The minimum Gasteiger partial charge on any atom is -0.442 e. The minimum absolute atomic E-state index is 0.101. The third kappa shape index (κ3) is 3.11. The monoisotopic (exact) mass is 361 g/mol. The molecular weight excluding hydrogens is 341 g/mol. The lowest BCUT2D eigenvalue weighted by Gasteiger charge is -2.19. The van der Waals surface area contributed by atoms with Gasteiger partial charge in [-0.3, -0.25) is 14.5 Å². The average Bonchev–Trinajstić information content (AvgIpc) is 3.23. The number of amides is 3. The summed E-state index contributed by atoms with van der Waals surface area (Å²) in [4.78, 5) is 38.2. The van der Waals surface area contributed by atoms with Gasteiger partial charge in [0.2, 0.25) is 11.8 Å². The van der Waals surface area contributed by atoms with E-state index in [0.717, 1.165) is 12.8 Å². The summed E-state index contributed by atoms with van der Waals surface area (Å²) in [6.07, 6.45) is 1.22. The molecule has 1 aromatic rings. The molecule has 1 N–H and O–H groups in total. The van der Waals surface area contributed by atoms with Gasteiger partial charge < -0.3 is 15.0 Å². The van der Waals surface area contributed by atoms with Crippen molar-refractivity contribution < 1.29 is 23.5 Å². The third-order valence-corrected chi connectivity index (χ3v) is 4.94. The summed E-state index contributed by atoms with van der Waals surface area (Å²) >= 11 is 0. The van der Waals surface area contributed by atoms with Gasteiger partial charge in [-0.05, 0) is 36.5 Å². The Kier molecular flexibility index (Phi) is 4.05. The van der Waals surface area contributed by atoms with Crippen LogP contribution in [-0.4, -0.2) is 43.6 Å². The summed E-state index contributed by atoms with van der Waals surface area (Å²) in [5.41, 5.74) is 1.31. The molecule has 26 heavy (non-hydrogen) atoms. The standard InChI is InChI=1S/C18H20FN3O4/c1-10(23)20-7-14-9-21(18(25)26-14)13-4-12-5-16(24)22(8-11-2-3-11)17(12)15(19)6-13/h4,6,11,14H,2-3,5,7-9H2,1H3,(H,20,23). The molecule has 0 aromatic heterocycles. The number of halogens is 1. The number of carbonyl (C=O) groups excluding carboxylic acids is 3. The minimum atomic E-state index is -0.584. The van der Waals surface area contributed by atoms with Crippen LogP contribution in [0, 0.1) is 11.7 Å². The van der Waals surface area contributed by atoms with E-state index in [1.807, 2.05) is 0 Å². The van der Waals surface area contributed by atoms with Crippen molar-refractivity contribution in [3.8, 4) is 0 Å². The molecule has 2 aliphatic heterocycles. The SMILES string of the molecule is CC(=O)NCC1CN(c2cc(F)c3c(c2)CC(=O)N3CC2CC2)C(=O)O1. The molecule has 1 atom stereocenters. The third-order valence-electron chi connectivity index (χ3n) is 4.94. The number of carbonyl (C=O) groups is 3. The number of rotatable bonds is 5. The molecule has 0 bridgehead atoms. The van der Waals surface area contributed by atoms with Gasteiger partial charge >= 0.3 is 6.09 Å². The Morgan fingerprint density at radius 3 is 2.81 bits per heavy atom. The van der Waals surface area contributed by atoms with Gasteiger partial charge in [0.1, 0.15) is 11.9 Å². The fraction of sp³-hybridized carbons (Fsp3) is 0.500. The zero-order chi connectivity index (χ0) is 18.4. The van der Waals surface area contributed by atoms with E-state index in [9.17, 15) is 18.8 Å². The fourth-order valence-corrected chi connectivity index (χ4v) is 3.46. The molecule has 1 unspecified atom stereocenters. The highest BCUT2D eigenvalue weighted by molar-refractivity contribution is 6.02. The number of hydrogen-bond acceptors (Lipinski definition) is 4. The molecule has 3 amide bonds. The lowest BCUT2D eigenvalue weighted by Crippen LogP contribution is -2.33.